The monoisotopic (exact) mass is 247 g/mol. The van der Waals surface area contributed by atoms with Gasteiger partial charge in [0.2, 0.25) is 0 Å². The molecule has 0 spiro atoms. The number of halogens is 3. The Morgan fingerprint density at radius 3 is 2.47 bits per heavy atom. The van der Waals surface area contributed by atoms with E-state index in [1.54, 1.807) is 6.92 Å². The molecule has 0 amide bonds. The van der Waals surface area contributed by atoms with E-state index < -0.39 is 34.9 Å². The lowest BCUT2D eigenvalue weighted by Gasteiger charge is -2.13. The molecule has 1 aromatic carbocycles. The number of carboxylic acid groups (broad SMARTS) is 1. The number of benzene rings is 1. The maximum absolute atomic E-state index is 13.5. The Bertz CT molecular complexity index is 449. The molecule has 1 aromatic rings. The molecule has 1 unspecified atom stereocenters. The highest BCUT2D eigenvalue weighted by Crippen LogP contribution is 2.27. The first-order valence-corrected chi connectivity index (χ1v) is 5.00. The van der Waals surface area contributed by atoms with Crippen LogP contribution >= 0.6 is 0 Å². The number of carbonyl (C=O) groups is 1. The van der Waals surface area contributed by atoms with Crippen molar-refractivity contribution in [2.75, 3.05) is 6.54 Å². The lowest BCUT2D eigenvalue weighted by molar-refractivity contribution is 0.0685. The molecule has 3 N–H and O–H groups in total. The molecule has 0 heterocycles. The number of carboxylic acids is 1. The number of nitrogens with two attached hydrogens (primary N) is 1. The highest BCUT2D eigenvalue weighted by molar-refractivity contribution is 5.88. The van der Waals surface area contributed by atoms with Gasteiger partial charge in [-0.25, -0.2) is 18.0 Å². The van der Waals surface area contributed by atoms with Crippen molar-refractivity contribution in [1.29, 1.82) is 0 Å². The highest BCUT2D eigenvalue weighted by Gasteiger charge is 2.25. The second kappa shape index (κ2) is 5.18. The summed E-state index contributed by atoms with van der Waals surface area (Å²) < 4.78 is 40.2. The summed E-state index contributed by atoms with van der Waals surface area (Å²) in [5.74, 6) is -6.60. The van der Waals surface area contributed by atoms with Gasteiger partial charge in [-0.2, -0.15) is 0 Å². The average molecular weight is 247 g/mol. The van der Waals surface area contributed by atoms with Gasteiger partial charge in [0.15, 0.2) is 11.6 Å². The van der Waals surface area contributed by atoms with Crippen molar-refractivity contribution in [3.05, 3.63) is 34.6 Å². The fourth-order valence-corrected chi connectivity index (χ4v) is 1.57. The first-order chi connectivity index (χ1) is 7.90. The quantitative estimate of drug-likeness (QED) is 0.802. The summed E-state index contributed by atoms with van der Waals surface area (Å²) in [6, 6.07) is 0.711. The van der Waals surface area contributed by atoms with E-state index in [0.717, 1.165) is 0 Å². The van der Waals surface area contributed by atoms with Gasteiger partial charge in [-0.05, 0) is 30.5 Å². The SMILES string of the molecule is CC(CCN)c1cc(F)c(C(=O)O)c(F)c1F. The minimum atomic E-state index is -1.84. The summed E-state index contributed by atoms with van der Waals surface area (Å²) in [5, 5.41) is 8.54. The maximum atomic E-state index is 13.5. The van der Waals surface area contributed by atoms with Crippen molar-refractivity contribution < 1.29 is 23.1 Å². The lowest BCUT2D eigenvalue weighted by atomic mass is 9.95. The van der Waals surface area contributed by atoms with Gasteiger partial charge in [-0.3, -0.25) is 0 Å². The van der Waals surface area contributed by atoms with E-state index in [1.165, 1.54) is 0 Å². The molecular formula is C11H12F3NO2. The molecule has 94 valence electrons. The van der Waals surface area contributed by atoms with Crippen LogP contribution in [-0.4, -0.2) is 17.6 Å². The molecule has 0 bridgehead atoms. The van der Waals surface area contributed by atoms with E-state index in [1.807, 2.05) is 0 Å². The zero-order valence-electron chi connectivity index (χ0n) is 9.14. The molecule has 0 fully saturated rings. The summed E-state index contributed by atoms with van der Waals surface area (Å²) in [6.07, 6.45) is 0.349. The van der Waals surface area contributed by atoms with Crippen molar-refractivity contribution in [3.8, 4) is 0 Å². The molecule has 1 rings (SSSR count). The second-order valence-electron chi connectivity index (χ2n) is 3.73. The van der Waals surface area contributed by atoms with E-state index >= 15 is 0 Å². The third-order valence-corrected chi connectivity index (χ3v) is 2.53. The predicted molar refractivity (Wildman–Crippen MR) is 55.4 cm³/mol. The van der Waals surface area contributed by atoms with Crippen LogP contribution in [0.5, 0.6) is 0 Å². The van der Waals surface area contributed by atoms with Crippen molar-refractivity contribution in [3.63, 3.8) is 0 Å². The Morgan fingerprint density at radius 2 is 2.00 bits per heavy atom. The summed E-state index contributed by atoms with van der Waals surface area (Å²) in [6.45, 7) is 1.80. The summed E-state index contributed by atoms with van der Waals surface area (Å²) in [4.78, 5) is 10.5. The van der Waals surface area contributed by atoms with E-state index in [0.29, 0.717) is 12.5 Å². The molecule has 0 aromatic heterocycles. The minimum absolute atomic E-state index is 0.199. The van der Waals surface area contributed by atoms with Crippen LogP contribution in [0.4, 0.5) is 13.2 Å². The Balaban J connectivity index is 3.34. The van der Waals surface area contributed by atoms with Gasteiger partial charge in [0, 0.05) is 0 Å². The third kappa shape index (κ3) is 2.58. The molecule has 0 saturated carbocycles. The van der Waals surface area contributed by atoms with E-state index in [-0.39, 0.29) is 12.1 Å². The van der Waals surface area contributed by atoms with E-state index in [9.17, 15) is 18.0 Å². The van der Waals surface area contributed by atoms with Crippen LogP contribution in [-0.2, 0) is 0 Å². The fourth-order valence-electron chi connectivity index (χ4n) is 1.57. The zero-order chi connectivity index (χ0) is 13.2. The van der Waals surface area contributed by atoms with Crippen molar-refractivity contribution >= 4 is 5.97 Å². The number of hydrogen-bond acceptors (Lipinski definition) is 2. The minimum Gasteiger partial charge on any atom is -0.477 e. The number of hydrogen-bond donors (Lipinski definition) is 2. The highest BCUT2D eigenvalue weighted by atomic mass is 19.2. The molecule has 17 heavy (non-hydrogen) atoms. The lowest BCUT2D eigenvalue weighted by Crippen LogP contribution is -2.12. The Hall–Kier alpha value is -1.56. The first-order valence-electron chi connectivity index (χ1n) is 5.00. The van der Waals surface area contributed by atoms with Gasteiger partial charge in [0.05, 0.1) is 0 Å². The molecule has 0 radical (unpaired) electrons. The smallest absolute Gasteiger partial charge is 0.341 e. The van der Waals surface area contributed by atoms with E-state index in [4.69, 9.17) is 10.8 Å². The Morgan fingerprint density at radius 1 is 1.41 bits per heavy atom. The summed E-state index contributed by atoms with van der Waals surface area (Å²) in [5.41, 5.74) is 3.80. The molecule has 0 aliphatic carbocycles. The number of rotatable bonds is 4. The molecule has 1 atom stereocenters. The van der Waals surface area contributed by atoms with Gasteiger partial charge in [0.25, 0.3) is 0 Å². The van der Waals surface area contributed by atoms with Crippen molar-refractivity contribution in [2.24, 2.45) is 5.73 Å². The largest absolute Gasteiger partial charge is 0.477 e. The van der Waals surface area contributed by atoms with Crippen LogP contribution < -0.4 is 5.73 Å². The number of aromatic carboxylic acids is 1. The van der Waals surface area contributed by atoms with Crippen LogP contribution in [0.2, 0.25) is 0 Å². The van der Waals surface area contributed by atoms with Crippen LogP contribution in [0.3, 0.4) is 0 Å². The third-order valence-electron chi connectivity index (χ3n) is 2.53. The first kappa shape index (κ1) is 13.5. The normalized spacial score (nSPS) is 12.5. The summed E-state index contributed by atoms with van der Waals surface area (Å²) in [7, 11) is 0. The van der Waals surface area contributed by atoms with Crippen LogP contribution in [0.25, 0.3) is 0 Å². The van der Waals surface area contributed by atoms with Gasteiger partial charge in [-0.15, -0.1) is 0 Å². The topological polar surface area (TPSA) is 63.3 Å². The standard InChI is InChI=1S/C11H12F3NO2/c1-5(2-3-15)6-4-7(12)8(11(16)17)10(14)9(6)13/h4-5H,2-3,15H2,1H3,(H,16,17). The van der Waals surface area contributed by atoms with Crippen LogP contribution in [0.1, 0.15) is 35.2 Å². The molecule has 0 saturated heterocycles. The molecule has 0 aliphatic heterocycles. The molecular weight excluding hydrogens is 235 g/mol. The van der Waals surface area contributed by atoms with Gasteiger partial charge >= 0.3 is 5.97 Å². The zero-order valence-corrected chi connectivity index (χ0v) is 9.14. The molecule has 6 heteroatoms. The van der Waals surface area contributed by atoms with Gasteiger partial charge < -0.3 is 10.8 Å². The maximum Gasteiger partial charge on any atom is 0.341 e. The average Bonchev–Trinajstić information content (AvgIpc) is 2.23. The van der Waals surface area contributed by atoms with Crippen molar-refractivity contribution in [1.82, 2.24) is 0 Å². The van der Waals surface area contributed by atoms with Crippen LogP contribution in [0, 0.1) is 17.5 Å². The fraction of sp³-hybridized carbons (Fsp3) is 0.364. The molecule has 3 nitrogen and oxygen atoms in total. The van der Waals surface area contributed by atoms with Gasteiger partial charge in [-0.1, -0.05) is 6.92 Å². The van der Waals surface area contributed by atoms with E-state index in [2.05, 4.69) is 0 Å². The Kier molecular flexibility index (Phi) is 4.11. The Labute approximate surface area is 96.0 Å². The second-order valence-corrected chi connectivity index (χ2v) is 3.73. The van der Waals surface area contributed by atoms with Crippen LogP contribution in [0.15, 0.2) is 6.07 Å². The van der Waals surface area contributed by atoms with Crippen molar-refractivity contribution in [2.45, 2.75) is 19.3 Å². The summed E-state index contributed by atoms with van der Waals surface area (Å²) >= 11 is 0. The van der Waals surface area contributed by atoms with Gasteiger partial charge in [0.1, 0.15) is 11.4 Å². The predicted octanol–water partition coefficient (Wildman–Crippen LogP) is 2.25. The molecule has 0 aliphatic rings.